The number of rotatable bonds is 40. The molecule has 55 heavy (non-hydrogen) atoms. The van der Waals surface area contributed by atoms with Crippen molar-refractivity contribution in [1.82, 2.24) is 0 Å². The Kier molecular flexibility index (Phi) is 41.5. The van der Waals surface area contributed by atoms with Crippen molar-refractivity contribution in [1.29, 1.82) is 0 Å². The van der Waals surface area contributed by atoms with Crippen LogP contribution in [-0.4, -0.2) is 37.2 Å². The van der Waals surface area contributed by atoms with Gasteiger partial charge in [0.25, 0.3) is 0 Å². The number of unbranched alkanes of at least 4 members (excludes halogenated alkanes) is 22. The fourth-order valence-electron chi connectivity index (χ4n) is 6.15. The summed E-state index contributed by atoms with van der Waals surface area (Å²) in [5.74, 6) is -0.940. The van der Waals surface area contributed by atoms with Gasteiger partial charge in [0.2, 0.25) is 0 Å². The first-order valence-corrected chi connectivity index (χ1v) is 22.8. The zero-order chi connectivity index (χ0) is 40.1. The molecular weight excluding hydrogens is 685 g/mol. The van der Waals surface area contributed by atoms with Crippen molar-refractivity contribution in [3.05, 3.63) is 60.8 Å². The third-order valence-corrected chi connectivity index (χ3v) is 9.60. The lowest BCUT2D eigenvalue weighted by molar-refractivity contribution is -0.167. The van der Waals surface area contributed by atoms with Gasteiger partial charge in [0, 0.05) is 19.3 Å². The summed E-state index contributed by atoms with van der Waals surface area (Å²) in [6.07, 6.45) is 52.0. The highest BCUT2D eigenvalue weighted by Gasteiger charge is 2.19. The predicted octanol–water partition coefficient (Wildman–Crippen LogP) is 14.5. The SMILES string of the molecule is CC\C=C/C=C\C=C/C=C\CCCCCC(=O)OC(COC(=O)CCCCCCCCC/C=C\CCCCCC)COC(=O)CCCCCCCCCCC. The number of hydrogen-bond donors (Lipinski definition) is 0. The molecule has 0 aliphatic heterocycles. The molecule has 0 heterocycles. The molecule has 0 spiro atoms. The van der Waals surface area contributed by atoms with E-state index >= 15 is 0 Å². The van der Waals surface area contributed by atoms with Gasteiger partial charge in [0.15, 0.2) is 6.10 Å². The Morgan fingerprint density at radius 2 is 0.727 bits per heavy atom. The van der Waals surface area contributed by atoms with Crippen molar-refractivity contribution < 1.29 is 28.6 Å². The topological polar surface area (TPSA) is 78.9 Å². The average Bonchev–Trinajstić information content (AvgIpc) is 3.18. The summed E-state index contributed by atoms with van der Waals surface area (Å²) in [5.41, 5.74) is 0. The molecule has 0 aliphatic rings. The molecular formula is C49H84O6. The molecule has 0 aliphatic carbocycles. The molecule has 0 saturated carbocycles. The molecule has 0 bridgehead atoms. The number of ether oxygens (including phenoxy) is 3. The smallest absolute Gasteiger partial charge is 0.306 e. The standard InChI is InChI=1S/C49H84O6/c1-4-7-10-13-16-19-21-23-24-26-27-30-33-36-39-42-48(51)54-45-46(44-53-47(50)41-38-35-32-29-18-15-12-9-6-3)55-49(52)43-40-37-34-31-28-25-22-20-17-14-11-8-5-2/h8,11,14,17,19-22,25,28,46H,4-7,9-10,12-13,15-16,18,23-24,26-27,29-45H2,1-3H3/b11-8-,17-14-,21-19-,22-20-,28-25-. The van der Waals surface area contributed by atoms with E-state index in [1.165, 1.54) is 103 Å². The molecule has 0 N–H and O–H groups in total. The zero-order valence-corrected chi connectivity index (χ0v) is 35.9. The van der Waals surface area contributed by atoms with Gasteiger partial charge in [-0.15, -0.1) is 0 Å². The molecule has 0 saturated heterocycles. The molecule has 0 fully saturated rings. The third kappa shape index (κ3) is 42.1. The number of hydrogen-bond acceptors (Lipinski definition) is 6. The lowest BCUT2D eigenvalue weighted by Crippen LogP contribution is -2.30. The summed E-state index contributed by atoms with van der Waals surface area (Å²) in [5, 5.41) is 0. The van der Waals surface area contributed by atoms with Gasteiger partial charge >= 0.3 is 17.9 Å². The first-order valence-electron chi connectivity index (χ1n) is 22.8. The van der Waals surface area contributed by atoms with Gasteiger partial charge in [-0.2, -0.15) is 0 Å². The van der Waals surface area contributed by atoms with Gasteiger partial charge in [-0.3, -0.25) is 14.4 Å². The van der Waals surface area contributed by atoms with Crippen molar-refractivity contribution in [3.63, 3.8) is 0 Å². The van der Waals surface area contributed by atoms with Crippen LogP contribution in [0.5, 0.6) is 0 Å². The highest BCUT2D eigenvalue weighted by Crippen LogP contribution is 2.14. The minimum Gasteiger partial charge on any atom is -0.462 e. The van der Waals surface area contributed by atoms with Crippen LogP contribution in [0.3, 0.4) is 0 Å². The van der Waals surface area contributed by atoms with Crippen molar-refractivity contribution in [3.8, 4) is 0 Å². The Bertz CT molecular complexity index is 1020. The Labute approximate surface area is 339 Å². The molecule has 0 aromatic rings. The second kappa shape index (κ2) is 43.8. The summed E-state index contributed by atoms with van der Waals surface area (Å²) in [4.78, 5) is 37.7. The summed E-state index contributed by atoms with van der Waals surface area (Å²) in [7, 11) is 0. The first kappa shape index (κ1) is 52.1. The maximum Gasteiger partial charge on any atom is 0.306 e. The van der Waals surface area contributed by atoms with E-state index in [0.717, 1.165) is 70.6 Å². The first-order chi connectivity index (χ1) is 27.0. The van der Waals surface area contributed by atoms with Crippen LogP contribution < -0.4 is 0 Å². The van der Waals surface area contributed by atoms with Crippen LogP contribution in [-0.2, 0) is 28.6 Å². The number of carbonyl (C=O) groups is 3. The lowest BCUT2D eigenvalue weighted by Gasteiger charge is -2.18. The molecule has 0 rings (SSSR count). The van der Waals surface area contributed by atoms with Crippen LogP contribution in [0.15, 0.2) is 60.8 Å². The van der Waals surface area contributed by atoms with E-state index in [1.54, 1.807) is 0 Å². The van der Waals surface area contributed by atoms with Crippen molar-refractivity contribution in [2.24, 2.45) is 0 Å². The molecule has 1 atom stereocenters. The largest absolute Gasteiger partial charge is 0.462 e. The second-order valence-electron chi connectivity index (χ2n) is 15.0. The summed E-state index contributed by atoms with van der Waals surface area (Å²) < 4.78 is 16.7. The minimum atomic E-state index is -0.791. The van der Waals surface area contributed by atoms with E-state index in [-0.39, 0.29) is 37.5 Å². The van der Waals surface area contributed by atoms with E-state index < -0.39 is 6.10 Å². The summed E-state index contributed by atoms with van der Waals surface area (Å²) in [6, 6.07) is 0. The Morgan fingerprint density at radius 1 is 0.382 bits per heavy atom. The van der Waals surface area contributed by atoms with Crippen molar-refractivity contribution >= 4 is 17.9 Å². The number of carbonyl (C=O) groups excluding carboxylic acids is 3. The normalized spacial score (nSPS) is 12.6. The molecule has 6 heteroatoms. The second-order valence-corrected chi connectivity index (χ2v) is 15.0. The lowest BCUT2D eigenvalue weighted by atomic mass is 10.1. The molecule has 0 amide bonds. The van der Waals surface area contributed by atoms with Crippen LogP contribution in [0.25, 0.3) is 0 Å². The maximum atomic E-state index is 12.7. The van der Waals surface area contributed by atoms with E-state index in [2.05, 4.69) is 45.1 Å². The minimum absolute atomic E-state index is 0.0908. The quantitative estimate of drug-likeness (QED) is 0.0203. The summed E-state index contributed by atoms with van der Waals surface area (Å²) in [6.45, 7) is 6.41. The van der Waals surface area contributed by atoms with Gasteiger partial charge in [-0.25, -0.2) is 0 Å². The molecule has 6 nitrogen and oxygen atoms in total. The van der Waals surface area contributed by atoms with Gasteiger partial charge < -0.3 is 14.2 Å². The monoisotopic (exact) mass is 769 g/mol. The van der Waals surface area contributed by atoms with Crippen LogP contribution >= 0.6 is 0 Å². The van der Waals surface area contributed by atoms with E-state index in [9.17, 15) is 14.4 Å². The van der Waals surface area contributed by atoms with E-state index in [0.29, 0.717) is 12.8 Å². The van der Waals surface area contributed by atoms with Crippen LogP contribution in [0, 0.1) is 0 Å². The van der Waals surface area contributed by atoms with Gasteiger partial charge in [0.1, 0.15) is 13.2 Å². The molecule has 0 aromatic carbocycles. The highest BCUT2D eigenvalue weighted by atomic mass is 16.6. The Hall–Kier alpha value is -2.89. The van der Waals surface area contributed by atoms with Crippen LogP contribution in [0.1, 0.15) is 213 Å². The van der Waals surface area contributed by atoms with E-state index in [4.69, 9.17) is 14.2 Å². The third-order valence-electron chi connectivity index (χ3n) is 9.60. The fourth-order valence-corrected chi connectivity index (χ4v) is 6.15. The van der Waals surface area contributed by atoms with Crippen molar-refractivity contribution in [2.75, 3.05) is 13.2 Å². The highest BCUT2D eigenvalue weighted by molar-refractivity contribution is 5.71. The van der Waals surface area contributed by atoms with Gasteiger partial charge in [-0.1, -0.05) is 191 Å². The number of esters is 3. The van der Waals surface area contributed by atoms with Crippen LogP contribution in [0.2, 0.25) is 0 Å². The molecule has 0 aromatic heterocycles. The fraction of sp³-hybridized carbons (Fsp3) is 0.735. The van der Waals surface area contributed by atoms with Crippen LogP contribution in [0.4, 0.5) is 0 Å². The predicted molar refractivity (Wildman–Crippen MR) is 233 cm³/mol. The Balaban J connectivity index is 4.42. The number of allylic oxidation sites excluding steroid dienone is 10. The average molecular weight is 769 g/mol. The van der Waals surface area contributed by atoms with Gasteiger partial charge in [0.05, 0.1) is 0 Å². The van der Waals surface area contributed by atoms with E-state index in [1.807, 2.05) is 36.5 Å². The molecule has 1 unspecified atom stereocenters. The van der Waals surface area contributed by atoms with Gasteiger partial charge in [-0.05, 0) is 64.2 Å². The molecule has 316 valence electrons. The Morgan fingerprint density at radius 3 is 1.20 bits per heavy atom. The molecule has 0 radical (unpaired) electrons. The van der Waals surface area contributed by atoms with Crippen molar-refractivity contribution in [2.45, 2.75) is 219 Å². The zero-order valence-electron chi connectivity index (χ0n) is 35.9. The summed E-state index contributed by atoms with van der Waals surface area (Å²) >= 11 is 0. The maximum absolute atomic E-state index is 12.7.